The molecule has 0 bridgehead atoms. The van der Waals surface area contributed by atoms with Gasteiger partial charge in [0.2, 0.25) is 5.91 Å². The molecule has 0 saturated heterocycles. The van der Waals surface area contributed by atoms with Gasteiger partial charge in [0.25, 0.3) is 0 Å². The van der Waals surface area contributed by atoms with Crippen LogP contribution >= 0.6 is 11.8 Å². The molecule has 1 heterocycles. The Morgan fingerprint density at radius 2 is 2.58 bits per heavy atom. The Kier molecular flexibility index (Phi) is 3.22. The Bertz CT molecular complexity index is 246. The van der Waals surface area contributed by atoms with Crippen molar-refractivity contribution in [3.63, 3.8) is 0 Å². The average Bonchev–Trinajstić information content (AvgIpc) is 2.51. The van der Waals surface area contributed by atoms with Crippen LogP contribution < -0.4 is 5.73 Å². The van der Waals surface area contributed by atoms with Crippen LogP contribution in [-0.2, 0) is 10.5 Å². The predicted octanol–water partition coefficient (Wildman–Crippen LogP) is 1.39. The number of hydrogen-bond acceptors (Lipinski definition) is 3. The number of rotatable bonds is 4. The molecule has 12 heavy (non-hydrogen) atoms. The summed E-state index contributed by atoms with van der Waals surface area (Å²) in [6.07, 6.45) is 1.62. The summed E-state index contributed by atoms with van der Waals surface area (Å²) in [5.41, 5.74) is 5.09. The van der Waals surface area contributed by atoms with E-state index >= 15 is 0 Å². The number of primary amides is 1. The van der Waals surface area contributed by atoms with Crippen LogP contribution in [0.15, 0.2) is 22.8 Å². The molecule has 0 saturated carbocycles. The molecule has 1 amide bonds. The highest BCUT2D eigenvalue weighted by atomic mass is 32.2. The molecule has 0 aliphatic rings. The van der Waals surface area contributed by atoms with Gasteiger partial charge < -0.3 is 10.2 Å². The van der Waals surface area contributed by atoms with E-state index in [0.29, 0.717) is 5.75 Å². The van der Waals surface area contributed by atoms with E-state index in [0.717, 1.165) is 5.76 Å². The Hall–Kier alpha value is -0.900. The van der Waals surface area contributed by atoms with Crippen LogP contribution in [0.25, 0.3) is 0 Å². The van der Waals surface area contributed by atoms with Crippen molar-refractivity contribution in [3.05, 3.63) is 24.2 Å². The lowest BCUT2D eigenvalue weighted by atomic mass is 10.5. The molecule has 0 aliphatic carbocycles. The van der Waals surface area contributed by atoms with Crippen molar-refractivity contribution in [3.8, 4) is 0 Å². The molecule has 0 spiro atoms. The van der Waals surface area contributed by atoms with Gasteiger partial charge in [0.1, 0.15) is 5.76 Å². The van der Waals surface area contributed by atoms with Crippen LogP contribution in [0.5, 0.6) is 0 Å². The zero-order chi connectivity index (χ0) is 8.97. The van der Waals surface area contributed by atoms with Gasteiger partial charge in [0.15, 0.2) is 0 Å². The smallest absolute Gasteiger partial charge is 0.230 e. The first-order valence-electron chi connectivity index (χ1n) is 3.63. The number of amides is 1. The fraction of sp³-hybridized carbons (Fsp3) is 0.375. The van der Waals surface area contributed by atoms with E-state index < -0.39 is 0 Å². The molecule has 66 valence electrons. The largest absolute Gasteiger partial charge is 0.468 e. The zero-order valence-corrected chi connectivity index (χ0v) is 7.64. The van der Waals surface area contributed by atoms with Crippen LogP contribution in [0.3, 0.4) is 0 Å². The van der Waals surface area contributed by atoms with E-state index in [1.165, 1.54) is 11.8 Å². The number of hydrogen-bond donors (Lipinski definition) is 1. The van der Waals surface area contributed by atoms with Gasteiger partial charge in [-0.1, -0.05) is 0 Å². The molecular weight excluding hydrogens is 174 g/mol. The average molecular weight is 185 g/mol. The maximum atomic E-state index is 10.6. The summed E-state index contributed by atoms with van der Waals surface area (Å²) in [5, 5.41) is -0.157. The number of thioether (sulfide) groups is 1. The molecule has 1 atom stereocenters. The third-order valence-electron chi connectivity index (χ3n) is 1.46. The van der Waals surface area contributed by atoms with Gasteiger partial charge >= 0.3 is 0 Å². The summed E-state index contributed by atoms with van der Waals surface area (Å²) in [5.74, 6) is 1.27. The van der Waals surface area contributed by atoms with E-state index in [9.17, 15) is 4.79 Å². The lowest BCUT2D eigenvalue weighted by Gasteiger charge is -2.03. The maximum Gasteiger partial charge on any atom is 0.230 e. The molecule has 2 N–H and O–H groups in total. The second kappa shape index (κ2) is 4.21. The first-order chi connectivity index (χ1) is 5.70. The molecular formula is C8H11NO2S. The minimum Gasteiger partial charge on any atom is -0.468 e. The first kappa shape index (κ1) is 9.19. The van der Waals surface area contributed by atoms with Gasteiger partial charge in [-0.3, -0.25) is 4.79 Å². The normalized spacial score (nSPS) is 12.8. The number of carbonyl (C=O) groups is 1. The summed E-state index contributed by atoms with van der Waals surface area (Å²) in [6.45, 7) is 1.79. The van der Waals surface area contributed by atoms with E-state index in [2.05, 4.69) is 0 Å². The molecule has 0 fully saturated rings. The molecule has 1 aromatic rings. The van der Waals surface area contributed by atoms with Gasteiger partial charge in [0, 0.05) is 0 Å². The van der Waals surface area contributed by atoms with Gasteiger partial charge in [-0.05, 0) is 19.1 Å². The van der Waals surface area contributed by atoms with Gasteiger partial charge in [0.05, 0.1) is 17.3 Å². The highest BCUT2D eigenvalue weighted by Crippen LogP contribution is 2.17. The van der Waals surface area contributed by atoms with Crippen molar-refractivity contribution in [2.24, 2.45) is 5.73 Å². The molecule has 1 unspecified atom stereocenters. The van der Waals surface area contributed by atoms with Crippen molar-refractivity contribution >= 4 is 17.7 Å². The fourth-order valence-electron chi connectivity index (χ4n) is 0.684. The third-order valence-corrected chi connectivity index (χ3v) is 2.64. The van der Waals surface area contributed by atoms with Crippen molar-refractivity contribution in [2.45, 2.75) is 17.9 Å². The van der Waals surface area contributed by atoms with Crippen LogP contribution in [0.1, 0.15) is 12.7 Å². The van der Waals surface area contributed by atoms with Crippen LogP contribution in [0, 0.1) is 0 Å². The van der Waals surface area contributed by atoms with E-state index in [-0.39, 0.29) is 11.2 Å². The quantitative estimate of drug-likeness (QED) is 0.771. The van der Waals surface area contributed by atoms with Crippen molar-refractivity contribution in [1.82, 2.24) is 0 Å². The minimum atomic E-state index is -0.286. The fourth-order valence-corrected chi connectivity index (χ4v) is 1.43. The Morgan fingerprint density at radius 1 is 1.83 bits per heavy atom. The lowest BCUT2D eigenvalue weighted by molar-refractivity contribution is -0.117. The number of nitrogens with two attached hydrogens (primary N) is 1. The van der Waals surface area contributed by atoms with E-state index in [1.54, 1.807) is 13.2 Å². The molecule has 1 rings (SSSR count). The zero-order valence-electron chi connectivity index (χ0n) is 6.82. The van der Waals surface area contributed by atoms with Crippen LogP contribution in [0.2, 0.25) is 0 Å². The minimum absolute atomic E-state index is 0.157. The lowest BCUT2D eigenvalue weighted by Crippen LogP contribution is -2.22. The third kappa shape index (κ3) is 2.62. The van der Waals surface area contributed by atoms with Crippen molar-refractivity contribution in [1.29, 1.82) is 0 Å². The van der Waals surface area contributed by atoms with Gasteiger partial charge in [-0.25, -0.2) is 0 Å². The standard InChI is InChI=1S/C8H11NO2S/c1-6(8(9)10)12-5-7-3-2-4-11-7/h2-4,6H,5H2,1H3,(H2,9,10). The highest BCUT2D eigenvalue weighted by molar-refractivity contribution is 7.99. The van der Waals surface area contributed by atoms with Crippen molar-refractivity contribution in [2.75, 3.05) is 0 Å². The number of furan rings is 1. The van der Waals surface area contributed by atoms with Crippen molar-refractivity contribution < 1.29 is 9.21 Å². The maximum absolute atomic E-state index is 10.6. The Balaban J connectivity index is 2.31. The molecule has 1 aromatic heterocycles. The molecule has 3 nitrogen and oxygen atoms in total. The molecule has 0 radical (unpaired) electrons. The molecule has 0 aromatic carbocycles. The van der Waals surface area contributed by atoms with E-state index in [4.69, 9.17) is 10.2 Å². The Labute approximate surface area is 75.3 Å². The Morgan fingerprint density at radius 3 is 3.08 bits per heavy atom. The number of carbonyl (C=O) groups excluding carboxylic acids is 1. The summed E-state index contributed by atoms with van der Waals surface area (Å²) in [6, 6.07) is 3.70. The highest BCUT2D eigenvalue weighted by Gasteiger charge is 2.09. The topological polar surface area (TPSA) is 56.2 Å². The monoisotopic (exact) mass is 185 g/mol. The predicted molar refractivity (Wildman–Crippen MR) is 48.7 cm³/mol. The molecule has 4 heteroatoms. The second-order valence-corrected chi connectivity index (χ2v) is 3.76. The van der Waals surface area contributed by atoms with Crippen LogP contribution in [0.4, 0.5) is 0 Å². The van der Waals surface area contributed by atoms with Gasteiger partial charge in [-0.2, -0.15) is 0 Å². The van der Waals surface area contributed by atoms with Crippen LogP contribution in [-0.4, -0.2) is 11.2 Å². The summed E-state index contributed by atoms with van der Waals surface area (Å²) in [7, 11) is 0. The second-order valence-electron chi connectivity index (χ2n) is 2.43. The first-order valence-corrected chi connectivity index (χ1v) is 4.68. The summed E-state index contributed by atoms with van der Waals surface area (Å²) < 4.78 is 5.09. The van der Waals surface area contributed by atoms with E-state index in [1.807, 2.05) is 12.1 Å². The summed E-state index contributed by atoms with van der Waals surface area (Å²) in [4.78, 5) is 10.6. The molecule has 0 aliphatic heterocycles. The SMILES string of the molecule is CC(SCc1ccco1)C(N)=O. The summed E-state index contributed by atoms with van der Waals surface area (Å²) >= 11 is 1.47. The van der Waals surface area contributed by atoms with Gasteiger partial charge in [-0.15, -0.1) is 11.8 Å².